The molecule has 1 aliphatic heterocycles. The number of aromatic nitrogens is 3. The monoisotopic (exact) mass is 583 g/mol. The van der Waals surface area contributed by atoms with Crippen LogP contribution in [0.25, 0.3) is 0 Å². The molecule has 0 bridgehead atoms. The van der Waals surface area contributed by atoms with Crippen molar-refractivity contribution in [1.82, 2.24) is 14.8 Å². The molecule has 9 heteroatoms. The maximum absolute atomic E-state index is 14.0. The van der Waals surface area contributed by atoms with Gasteiger partial charge in [0.2, 0.25) is 11.1 Å². The molecule has 1 amide bonds. The number of aryl methyl sites for hydroxylation is 1. The van der Waals surface area contributed by atoms with Crippen LogP contribution in [-0.4, -0.2) is 33.5 Å². The van der Waals surface area contributed by atoms with Crippen LogP contribution in [0.15, 0.2) is 83.2 Å². The minimum atomic E-state index is -0.531. The number of fused-ring (bicyclic) bond motifs is 1. The summed E-state index contributed by atoms with van der Waals surface area (Å²) in [5.41, 5.74) is 6.09. The average molecular weight is 584 g/mol. The lowest BCUT2D eigenvalue weighted by Crippen LogP contribution is -2.31. The van der Waals surface area contributed by atoms with Crippen molar-refractivity contribution in [2.75, 3.05) is 23.5 Å². The fourth-order valence-electron chi connectivity index (χ4n) is 4.89. The number of carbonyl (C=O) groups is 1. The van der Waals surface area contributed by atoms with Crippen LogP contribution in [-0.2, 0) is 11.4 Å². The van der Waals surface area contributed by atoms with Crippen LogP contribution in [0.5, 0.6) is 11.5 Å². The van der Waals surface area contributed by atoms with E-state index in [0.29, 0.717) is 34.8 Å². The first-order chi connectivity index (χ1) is 20.4. The molecule has 1 aliphatic rings. The second kappa shape index (κ2) is 13.2. The van der Waals surface area contributed by atoms with Gasteiger partial charge in [0.25, 0.3) is 5.91 Å². The van der Waals surface area contributed by atoms with E-state index in [1.807, 2.05) is 87.5 Å². The second-order valence-corrected chi connectivity index (χ2v) is 11.4. The third kappa shape index (κ3) is 6.31. The zero-order valence-electron chi connectivity index (χ0n) is 24.7. The molecule has 5 rings (SSSR count). The van der Waals surface area contributed by atoms with Gasteiger partial charge in [0.15, 0.2) is 11.5 Å². The van der Waals surface area contributed by atoms with Crippen LogP contribution in [0.4, 0.5) is 11.6 Å². The van der Waals surface area contributed by atoms with E-state index in [0.717, 1.165) is 52.2 Å². The Bertz CT molecular complexity index is 1600. The van der Waals surface area contributed by atoms with Gasteiger partial charge < -0.3 is 20.1 Å². The van der Waals surface area contributed by atoms with Gasteiger partial charge in [0.05, 0.1) is 12.7 Å². The summed E-state index contributed by atoms with van der Waals surface area (Å²) in [6.07, 6.45) is 2.18. The number of benzene rings is 3. The van der Waals surface area contributed by atoms with Crippen LogP contribution in [0.2, 0.25) is 0 Å². The predicted octanol–water partition coefficient (Wildman–Crippen LogP) is 7.30. The van der Waals surface area contributed by atoms with Crippen molar-refractivity contribution in [2.45, 2.75) is 58.3 Å². The third-order valence-corrected chi connectivity index (χ3v) is 8.32. The van der Waals surface area contributed by atoms with E-state index in [-0.39, 0.29) is 5.91 Å². The smallest absolute Gasteiger partial charge is 0.255 e. The molecule has 1 aromatic heterocycles. The molecule has 4 aromatic rings. The zero-order valence-corrected chi connectivity index (χ0v) is 25.5. The highest BCUT2D eigenvalue weighted by molar-refractivity contribution is 7.99. The lowest BCUT2D eigenvalue weighted by Gasteiger charge is -2.29. The molecular weight excluding hydrogens is 546 g/mol. The molecule has 8 nitrogen and oxygen atoms in total. The van der Waals surface area contributed by atoms with E-state index >= 15 is 0 Å². The summed E-state index contributed by atoms with van der Waals surface area (Å²) in [5, 5.41) is 12.0. The number of rotatable bonds is 11. The van der Waals surface area contributed by atoms with E-state index in [4.69, 9.17) is 19.6 Å². The number of thioether (sulfide) groups is 1. The second-order valence-electron chi connectivity index (χ2n) is 10.3. The van der Waals surface area contributed by atoms with E-state index < -0.39 is 6.04 Å². The lowest BCUT2D eigenvalue weighted by molar-refractivity contribution is -0.113. The Labute approximate surface area is 251 Å². The van der Waals surface area contributed by atoms with Crippen molar-refractivity contribution in [3.63, 3.8) is 0 Å². The van der Waals surface area contributed by atoms with E-state index in [2.05, 4.69) is 17.6 Å². The van der Waals surface area contributed by atoms with Crippen molar-refractivity contribution in [3.8, 4) is 11.5 Å². The number of nitrogens with one attached hydrogen (secondary N) is 2. The van der Waals surface area contributed by atoms with Gasteiger partial charge >= 0.3 is 0 Å². The summed E-state index contributed by atoms with van der Waals surface area (Å²) in [6.45, 7) is 8.53. The molecule has 0 saturated heterocycles. The van der Waals surface area contributed by atoms with Gasteiger partial charge in [-0.15, -0.1) is 5.10 Å². The Hall–Kier alpha value is -4.24. The third-order valence-electron chi connectivity index (χ3n) is 7.40. The SMILES string of the molecule is CCCCSc1nc2n(n1)C(c1ccc(OCc3ccccc3)c(OC)c1)C(C(=O)Nc1cccc(C)c1C)=C(C)N2. The molecule has 0 radical (unpaired) electrons. The largest absolute Gasteiger partial charge is 0.493 e. The normalized spacial score (nSPS) is 14.3. The van der Waals surface area contributed by atoms with Crippen molar-refractivity contribution in [1.29, 1.82) is 0 Å². The number of amides is 1. The fraction of sp³-hybridized carbons (Fsp3) is 0.303. The maximum Gasteiger partial charge on any atom is 0.255 e. The number of methoxy groups -OCH3 is 1. The number of nitrogens with zero attached hydrogens (tertiary/aromatic N) is 3. The summed E-state index contributed by atoms with van der Waals surface area (Å²) in [4.78, 5) is 18.8. The van der Waals surface area contributed by atoms with Crippen molar-refractivity contribution < 1.29 is 14.3 Å². The quantitative estimate of drug-likeness (QED) is 0.141. The van der Waals surface area contributed by atoms with Crippen molar-refractivity contribution in [3.05, 3.63) is 100 Å². The first kappa shape index (κ1) is 29.3. The molecule has 1 atom stereocenters. The van der Waals surface area contributed by atoms with Crippen LogP contribution in [0.1, 0.15) is 55.0 Å². The van der Waals surface area contributed by atoms with E-state index in [9.17, 15) is 4.79 Å². The Morgan fingerprint density at radius 2 is 1.86 bits per heavy atom. The van der Waals surface area contributed by atoms with Crippen LogP contribution < -0.4 is 20.1 Å². The summed E-state index contributed by atoms with van der Waals surface area (Å²) < 4.78 is 13.7. The van der Waals surface area contributed by atoms with Crippen molar-refractivity contribution in [2.24, 2.45) is 0 Å². The minimum absolute atomic E-state index is 0.205. The summed E-state index contributed by atoms with van der Waals surface area (Å²) in [7, 11) is 1.62. The molecule has 42 heavy (non-hydrogen) atoms. The molecular formula is C33H37N5O3S. The summed E-state index contributed by atoms with van der Waals surface area (Å²) in [5.74, 6) is 2.52. The maximum atomic E-state index is 14.0. The van der Waals surface area contributed by atoms with Crippen molar-refractivity contribution >= 4 is 29.3 Å². The summed E-state index contributed by atoms with van der Waals surface area (Å²) >= 11 is 1.62. The molecule has 2 heterocycles. The van der Waals surface area contributed by atoms with Gasteiger partial charge in [0.1, 0.15) is 12.6 Å². The zero-order chi connectivity index (χ0) is 29.6. The standard InChI is InChI=1S/C33H37N5O3S/c1-6-7-18-42-33-36-32-34-23(4)29(31(39)35-26-15-11-12-21(2)22(26)3)30(38(32)37-33)25-16-17-27(28(19-25)40-5)41-20-24-13-9-8-10-14-24/h8-17,19,30H,6-7,18,20H2,1-5H3,(H,35,39)(H,34,36,37). The predicted molar refractivity (Wildman–Crippen MR) is 168 cm³/mol. The highest BCUT2D eigenvalue weighted by Gasteiger charge is 2.35. The summed E-state index contributed by atoms with van der Waals surface area (Å²) in [6, 6.07) is 21.1. The molecule has 0 saturated carbocycles. The lowest BCUT2D eigenvalue weighted by atomic mass is 9.94. The number of anilines is 2. The minimum Gasteiger partial charge on any atom is -0.493 e. The Kier molecular flexibility index (Phi) is 9.17. The topological polar surface area (TPSA) is 90.3 Å². The molecule has 2 N–H and O–H groups in total. The number of hydrogen-bond acceptors (Lipinski definition) is 7. The number of allylic oxidation sites excluding steroid dienone is 1. The number of carbonyl (C=O) groups excluding carboxylic acids is 1. The first-order valence-electron chi connectivity index (χ1n) is 14.2. The van der Waals surface area contributed by atoms with Gasteiger partial charge in [-0.05, 0) is 67.6 Å². The highest BCUT2D eigenvalue weighted by Crippen LogP contribution is 2.40. The average Bonchev–Trinajstić information content (AvgIpc) is 3.40. The van der Waals surface area contributed by atoms with Gasteiger partial charge in [-0.3, -0.25) is 4.79 Å². The molecule has 0 spiro atoms. The molecule has 3 aromatic carbocycles. The van der Waals surface area contributed by atoms with E-state index in [1.165, 1.54) is 0 Å². The van der Waals surface area contributed by atoms with Gasteiger partial charge in [-0.2, -0.15) is 4.98 Å². The Balaban J connectivity index is 1.52. The van der Waals surface area contributed by atoms with E-state index in [1.54, 1.807) is 23.6 Å². The first-order valence-corrected chi connectivity index (χ1v) is 15.2. The molecule has 0 fully saturated rings. The molecule has 1 unspecified atom stereocenters. The van der Waals surface area contributed by atoms with Crippen LogP contribution in [0.3, 0.4) is 0 Å². The fourth-order valence-corrected chi connectivity index (χ4v) is 5.80. The van der Waals surface area contributed by atoms with Gasteiger partial charge in [-0.25, -0.2) is 4.68 Å². The van der Waals surface area contributed by atoms with Gasteiger partial charge in [-0.1, -0.05) is 73.6 Å². The highest BCUT2D eigenvalue weighted by atomic mass is 32.2. The number of unbranched alkanes of at least 4 members (excludes halogenated alkanes) is 1. The van der Waals surface area contributed by atoms with Crippen LogP contribution >= 0.6 is 11.8 Å². The Morgan fingerprint density at radius 1 is 1.05 bits per heavy atom. The Morgan fingerprint density at radius 3 is 2.62 bits per heavy atom. The number of hydrogen-bond donors (Lipinski definition) is 2. The number of ether oxygens (including phenoxy) is 2. The molecule has 0 aliphatic carbocycles. The van der Waals surface area contributed by atoms with Gasteiger partial charge in [0, 0.05) is 17.1 Å². The van der Waals surface area contributed by atoms with Crippen LogP contribution in [0, 0.1) is 13.8 Å². The molecule has 218 valence electrons.